The molecule has 0 radical (unpaired) electrons. The van der Waals surface area contributed by atoms with Gasteiger partial charge in [-0.2, -0.15) is 5.26 Å². The normalized spacial score (nSPS) is 12.8. The van der Waals surface area contributed by atoms with Crippen LogP contribution in [-0.2, 0) is 11.4 Å². The minimum atomic E-state index is 0.144. The lowest BCUT2D eigenvalue weighted by atomic mass is 9.97. The van der Waals surface area contributed by atoms with Crippen LogP contribution in [0.3, 0.4) is 0 Å². The molecule has 0 aliphatic carbocycles. The number of oxime groups is 1. The third kappa shape index (κ3) is 6.38. The van der Waals surface area contributed by atoms with Gasteiger partial charge in [-0.3, -0.25) is 0 Å². The molecule has 0 heterocycles. The van der Waals surface area contributed by atoms with Crippen molar-refractivity contribution in [3.05, 3.63) is 35.9 Å². The molecule has 1 aromatic carbocycles. The van der Waals surface area contributed by atoms with Crippen LogP contribution in [0.4, 0.5) is 0 Å². The van der Waals surface area contributed by atoms with Crippen LogP contribution in [0.2, 0.25) is 0 Å². The van der Waals surface area contributed by atoms with E-state index in [1.165, 1.54) is 0 Å². The van der Waals surface area contributed by atoms with Crippen LogP contribution < -0.4 is 0 Å². The van der Waals surface area contributed by atoms with Crippen molar-refractivity contribution >= 4 is 5.71 Å². The summed E-state index contributed by atoms with van der Waals surface area (Å²) in [5.41, 5.74) is 2.16. The molecule has 20 heavy (non-hydrogen) atoms. The number of nitriles is 1. The second-order valence-electron chi connectivity index (χ2n) is 4.92. The zero-order valence-electron chi connectivity index (χ0n) is 12.5. The molecule has 3 heteroatoms. The highest BCUT2D eigenvalue weighted by Gasteiger charge is 2.08. The van der Waals surface area contributed by atoms with Crippen molar-refractivity contribution < 1.29 is 4.84 Å². The molecule has 1 aromatic rings. The molecule has 0 fully saturated rings. The Morgan fingerprint density at radius 1 is 1.25 bits per heavy atom. The summed E-state index contributed by atoms with van der Waals surface area (Å²) in [6.07, 6.45) is 4.63. The van der Waals surface area contributed by atoms with Crippen LogP contribution in [0, 0.1) is 17.2 Å². The van der Waals surface area contributed by atoms with Crippen molar-refractivity contribution in [2.75, 3.05) is 0 Å². The highest BCUT2D eigenvalue weighted by molar-refractivity contribution is 5.83. The van der Waals surface area contributed by atoms with Crippen molar-refractivity contribution in [2.24, 2.45) is 11.1 Å². The molecule has 0 spiro atoms. The van der Waals surface area contributed by atoms with E-state index in [4.69, 9.17) is 10.1 Å². The fourth-order valence-corrected chi connectivity index (χ4v) is 2.02. The van der Waals surface area contributed by atoms with Gasteiger partial charge in [-0.1, -0.05) is 55.8 Å². The first-order valence-electron chi connectivity index (χ1n) is 7.41. The third-order valence-corrected chi connectivity index (χ3v) is 3.28. The Hall–Kier alpha value is -1.82. The van der Waals surface area contributed by atoms with Gasteiger partial charge >= 0.3 is 0 Å². The molecule has 0 aliphatic rings. The highest BCUT2D eigenvalue weighted by Crippen LogP contribution is 2.14. The van der Waals surface area contributed by atoms with Crippen molar-refractivity contribution in [3.8, 4) is 6.07 Å². The monoisotopic (exact) mass is 272 g/mol. The first kappa shape index (κ1) is 16.2. The van der Waals surface area contributed by atoms with Crippen LogP contribution >= 0.6 is 0 Å². The predicted molar refractivity (Wildman–Crippen MR) is 82.2 cm³/mol. The largest absolute Gasteiger partial charge is 0.391 e. The maximum Gasteiger partial charge on any atom is 0.142 e. The van der Waals surface area contributed by atoms with Gasteiger partial charge in [0, 0.05) is 5.92 Å². The SMILES string of the molecule is CCCC(C#N)CC/C(CC)=N/OCc1ccccc1. The van der Waals surface area contributed by atoms with Crippen LogP contribution in [-0.4, -0.2) is 5.71 Å². The average Bonchev–Trinajstić information content (AvgIpc) is 2.50. The minimum Gasteiger partial charge on any atom is -0.391 e. The molecule has 0 aliphatic heterocycles. The first-order chi connectivity index (χ1) is 9.80. The lowest BCUT2D eigenvalue weighted by Gasteiger charge is -2.08. The summed E-state index contributed by atoms with van der Waals surface area (Å²) in [5.74, 6) is 0.144. The standard InChI is InChI=1S/C17H24N2O/c1-3-8-15(13-18)11-12-17(4-2)19-20-14-16-9-6-5-7-10-16/h5-7,9-10,15H,3-4,8,11-12,14H2,1-2H3/b19-17+. The molecule has 0 saturated heterocycles. The average molecular weight is 272 g/mol. The summed E-state index contributed by atoms with van der Waals surface area (Å²) in [5, 5.41) is 13.3. The molecule has 0 bridgehead atoms. The Morgan fingerprint density at radius 3 is 2.60 bits per heavy atom. The van der Waals surface area contributed by atoms with Gasteiger partial charge in [-0.25, -0.2) is 0 Å². The van der Waals surface area contributed by atoms with Gasteiger partial charge in [0.25, 0.3) is 0 Å². The van der Waals surface area contributed by atoms with Crippen molar-refractivity contribution in [2.45, 2.75) is 52.6 Å². The smallest absolute Gasteiger partial charge is 0.142 e. The molecule has 1 unspecified atom stereocenters. The van der Waals surface area contributed by atoms with Crippen LogP contribution in [0.25, 0.3) is 0 Å². The number of hydrogen-bond donors (Lipinski definition) is 0. The second-order valence-corrected chi connectivity index (χ2v) is 4.92. The number of benzene rings is 1. The van der Waals surface area contributed by atoms with Gasteiger partial charge < -0.3 is 4.84 Å². The maximum absolute atomic E-state index is 9.05. The van der Waals surface area contributed by atoms with Gasteiger partial charge in [-0.15, -0.1) is 0 Å². The zero-order chi connectivity index (χ0) is 14.6. The van der Waals surface area contributed by atoms with E-state index < -0.39 is 0 Å². The van der Waals surface area contributed by atoms with Gasteiger partial charge in [0.1, 0.15) is 6.61 Å². The molecular formula is C17H24N2O. The zero-order valence-corrected chi connectivity index (χ0v) is 12.5. The summed E-state index contributed by atoms with van der Waals surface area (Å²) < 4.78 is 0. The van der Waals surface area contributed by atoms with Crippen LogP contribution in [0.15, 0.2) is 35.5 Å². The van der Waals surface area contributed by atoms with Gasteiger partial charge in [0.15, 0.2) is 0 Å². The van der Waals surface area contributed by atoms with Crippen LogP contribution in [0.5, 0.6) is 0 Å². The summed E-state index contributed by atoms with van der Waals surface area (Å²) in [4.78, 5) is 5.40. The summed E-state index contributed by atoms with van der Waals surface area (Å²) in [6, 6.07) is 12.4. The lowest BCUT2D eigenvalue weighted by molar-refractivity contribution is 0.129. The topological polar surface area (TPSA) is 45.4 Å². The van der Waals surface area contributed by atoms with E-state index in [-0.39, 0.29) is 5.92 Å². The van der Waals surface area contributed by atoms with E-state index >= 15 is 0 Å². The Bertz CT molecular complexity index is 434. The molecular weight excluding hydrogens is 248 g/mol. The molecule has 3 nitrogen and oxygen atoms in total. The number of rotatable bonds is 9. The van der Waals surface area contributed by atoms with E-state index in [1.807, 2.05) is 30.3 Å². The molecule has 0 aromatic heterocycles. The fraction of sp³-hybridized carbons (Fsp3) is 0.529. The lowest BCUT2D eigenvalue weighted by Crippen LogP contribution is -2.04. The molecule has 0 amide bonds. The van der Waals surface area contributed by atoms with Crippen molar-refractivity contribution in [3.63, 3.8) is 0 Å². The summed E-state index contributed by atoms with van der Waals surface area (Å²) in [7, 11) is 0. The molecule has 0 saturated carbocycles. The van der Waals surface area contributed by atoms with E-state index in [0.29, 0.717) is 6.61 Å². The molecule has 1 rings (SSSR count). The molecule has 1 atom stereocenters. The van der Waals surface area contributed by atoms with Crippen LogP contribution in [0.1, 0.15) is 51.5 Å². The number of hydrogen-bond acceptors (Lipinski definition) is 3. The Kier molecular flexibility index (Phi) is 8.14. The quantitative estimate of drug-likeness (QED) is 0.483. The summed E-state index contributed by atoms with van der Waals surface area (Å²) in [6.45, 7) is 4.69. The predicted octanol–water partition coefficient (Wildman–Crippen LogP) is 4.69. The van der Waals surface area contributed by atoms with Crippen molar-refractivity contribution in [1.82, 2.24) is 0 Å². The van der Waals surface area contributed by atoms with Gasteiger partial charge in [0.05, 0.1) is 11.8 Å². The van der Waals surface area contributed by atoms with E-state index in [9.17, 15) is 0 Å². The Labute approximate surface area is 122 Å². The number of nitrogens with zero attached hydrogens (tertiary/aromatic N) is 2. The van der Waals surface area contributed by atoms with Gasteiger partial charge in [-0.05, 0) is 31.2 Å². The third-order valence-electron chi connectivity index (χ3n) is 3.28. The Morgan fingerprint density at radius 2 is 2.00 bits per heavy atom. The van der Waals surface area contributed by atoms with Gasteiger partial charge in [0.2, 0.25) is 0 Å². The van der Waals surface area contributed by atoms with Crippen molar-refractivity contribution in [1.29, 1.82) is 5.26 Å². The van der Waals surface area contributed by atoms with E-state index in [1.54, 1.807) is 0 Å². The summed E-state index contributed by atoms with van der Waals surface area (Å²) >= 11 is 0. The minimum absolute atomic E-state index is 0.144. The molecule has 0 N–H and O–H groups in total. The Balaban J connectivity index is 2.37. The highest BCUT2D eigenvalue weighted by atomic mass is 16.6. The van der Waals surface area contributed by atoms with E-state index in [0.717, 1.165) is 43.4 Å². The molecule has 108 valence electrons. The maximum atomic E-state index is 9.05. The fourth-order valence-electron chi connectivity index (χ4n) is 2.02. The first-order valence-corrected chi connectivity index (χ1v) is 7.41. The second kappa shape index (κ2) is 10.0. The van der Waals surface area contributed by atoms with E-state index in [2.05, 4.69) is 25.1 Å².